The van der Waals surface area contributed by atoms with Crippen molar-refractivity contribution < 1.29 is 18.7 Å². The molecule has 2 heterocycles. The number of benzene rings is 1. The van der Waals surface area contributed by atoms with Crippen LogP contribution in [0.15, 0.2) is 46.6 Å². The molecule has 31 heavy (non-hydrogen) atoms. The van der Waals surface area contributed by atoms with Crippen LogP contribution in [0.4, 0.5) is 0 Å². The first kappa shape index (κ1) is 22.9. The van der Waals surface area contributed by atoms with Crippen molar-refractivity contribution in [3.63, 3.8) is 0 Å². The number of carbonyl (C=O) groups excluding carboxylic acids is 1. The van der Waals surface area contributed by atoms with Gasteiger partial charge in [0.05, 0.1) is 20.5 Å². The van der Waals surface area contributed by atoms with Crippen LogP contribution in [0.25, 0.3) is 6.08 Å². The molecule has 1 amide bonds. The van der Waals surface area contributed by atoms with Crippen molar-refractivity contribution in [2.75, 3.05) is 33.9 Å². The summed E-state index contributed by atoms with van der Waals surface area (Å²) in [6, 6.07) is 9.52. The van der Waals surface area contributed by atoms with Gasteiger partial charge in [-0.2, -0.15) is 0 Å². The number of amides is 1. The third-order valence-corrected chi connectivity index (χ3v) is 5.76. The molecule has 0 saturated carbocycles. The molecule has 2 aromatic rings. The standard InChI is InChI=1S/C25H34N2O4/c1-19(14-23-7-5-13-31-23)17-27-12-4-6-20(18-27)8-11-25(28)26-16-21-9-10-22(29-2)15-24(21)30-3/h5,7,9-10,13-15,20H,4,6,8,11-12,16-18H2,1-3H3,(H,26,28)/b19-14+/t20-/m0/s1. The van der Waals surface area contributed by atoms with Crippen molar-refractivity contribution >= 4 is 12.0 Å². The van der Waals surface area contributed by atoms with Gasteiger partial charge in [-0.25, -0.2) is 0 Å². The number of rotatable bonds is 10. The van der Waals surface area contributed by atoms with E-state index in [1.165, 1.54) is 18.4 Å². The Morgan fingerprint density at radius 1 is 1.29 bits per heavy atom. The molecule has 0 unspecified atom stereocenters. The van der Waals surface area contributed by atoms with Gasteiger partial charge in [-0.05, 0) is 69.0 Å². The zero-order valence-corrected chi connectivity index (χ0v) is 18.9. The number of nitrogens with zero attached hydrogens (tertiary/aromatic N) is 1. The molecular weight excluding hydrogens is 392 g/mol. The van der Waals surface area contributed by atoms with Crippen LogP contribution in [0.1, 0.15) is 43.9 Å². The lowest BCUT2D eigenvalue weighted by molar-refractivity contribution is -0.121. The molecule has 168 valence electrons. The molecule has 1 N–H and O–H groups in total. The number of piperidine rings is 1. The molecule has 1 aliphatic rings. The highest BCUT2D eigenvalue weighted by molar-refractivity contribution is 5.75. The summed E-state index contributed by atoms with van der Waals surface area (Å²) in [5, 5.41) is 3.03. The Labute approximate surface area is 185 Å². The summed E-state index contributed by atoms with van der Waals surface area (Å²) in [7, 11) is 3.25. The smallest absolute Gasteiger partial charge is 0.220 e. The van der Waals surface area contributed by atoms with E-state index in [4.69, 9.17) is 13.9 Å². The van der Waals surface area contributed by atoms with Crippen LogP contribution in [-0.4, -0.2) is 44.7 Å². The summed E-state index contributed by atoms with van der Waals surface area (Å²) in [4.78, 5) is 14.9. The zero-order valence-electron chi connectivity index (χ0n) is 18.9. The van der Waals surface area contributed by atoms with E-state index in [0.717, 1.165) is 48.9 Å². The summed E-state index contributed by atoms with van der Waals surface area (Å²) in [5.41, 5.74) is 2.24. The van der Waals surface area contributed by atoms with Gasteiger partial charge in [0.25, 0.3) is 0 Å². The number of hydrogen-bond acceptors (Lipinski definition) is 5. The number of methoxy groups -OCH3 is 2. The predicted molar refractivity (Wildman–Crippen MR) is 122 cm³/mol. The van der Waals surface area contributed by atoms with Gasteiger partial charge >= 0.3 is 0 Å². The van der Waals surface area contributed by atoms with Gasteiger partial charge in [0.1, 0.15) is 17.3 Å². The van der Waals surface area contributed by atoms with E-state index >= 15 is 0 Å². The first-order valence-electron chi connectivity index (χ1n) is 11.0. The number of hydrogen-bond donors (Lipinski definition) is 1. The highest BCUT2D eigenvalue weighted by Crippen LogP contribution is 2.25. The van der Waals surface area contributed by atoms with Crippen molar-refractivity contribution in [2.24, 2.45) is 5.92 Å². The summed E-state index contributed by atoms with van der Waals surface area (Å²) in [6.07, 6.45) is 7.65. The summed E-state index contributed by atoms with van der Waals surface area (Å²) < 4.78 is 16.0. The number of carbonyl (C=O) groups is 1. The van der Waals surface area contributed by atoms with Gasteiger partial charge in [-0.1, -0.05) is 5.57 Å². The Balaban J connectivity index is 1.41. The highest BCUT2D eigenvalue weighted by Gasteiger charge is 2.21. The van der Waals surface area contributed by atoms with Crippen LogP contribution < -0.4 is 14.8 Å². The lowest BCUT2D eigenvalue weighted by Gasteiger charge is -2.33. The molecule has 6 nitrogen and oxygen atoms in total. The molecule has 3 rings (SSSR count). The molecule has 1 aliphatic heterocycles. The molecule has 0 radical (unpaired) electrons. The molecule has 1 saturated heterocycles. The van der Waals surface area contributed by atoms with E-state index in [-0.39, 0.29) is 5.91 Å². The normalized spacial score (nSPS) is 17.4. The fraction of sp³-hybridized carbons (Fsp3) is 0.480. The number of likely N-dealkylation sites (tertiary alicyclic amines) is 1. The first-order valence-corrected chi connectivity index (χ1v) is 11.0. The molecule has 0 bridgehead atoms. The quantitative estimate of drug-likeness (QED) is 0.606. The monoisotopic (exact) mass is 426 g/mol. The lowest BCUT2D eigenvalue weighted by atomic mass is 9.93. The molecule has 1 aromatic heterocycles. The summed E-state index contributed by atoms with van der Waals surface area (Å²) >= 11 is 0. The van der Waals surface area contributed by atoms with E-state index < -0.39 is 0 Å². The van der Waals surface area contributed by atoms with E-state index in [1.807, 2.05) is 30.3 Å². The van der Waals surface area contributed by atoms with Crippen molar-refractivity contribution in [3.8, 4) is 11.5 Å². The third-order valence-electron chi connectivity index (χ3n) is 5.76. The van der Waals surface area contributed by atoms with E-state index in [2.05, 4.69) is 23.2 Å². The van der Waals surface area contributed by atoms with Crippen LogP contribution in [0, 0.1) is 5.92 Å². The van der Waals surface area contributed by atoms with Crippen molar-refractivity contribution in [2.45, 2.75) is 39.2 Å². The maximum Gasteiger partial charge on any atom is 0.220 e. The fourth-order valence-electron chi connectivity index (χ4n) is 4.16. The van der Waals surface area contributed by atoms with Crippen molar-refractivity contribution in [1.82, 2.24) is 10.2 Å². The second-order valence-electron chi connectivity index (χ2n) is 8.24. The van der Waals surface area contributed by atoms with Gasteiger partial charge < -0.3 is 19.2 Å². The Kier molecular flexibility index (Phi) is 8.59. The van der Waals surface area contributed by atoms with Gasteiger partial charge in [-0.15, -0.1) is 0 Å². The summed E-state index contributed by atoms with van der Waals surface area (Å²) in [5.74, 6) is 3.01. The largest absolute Gasteiger partial charge is 0.497 e. The van der Waals surface area contributed by atoms with Crippen LogP contribution in [-0.2, 0) is 11.3 Å². The van der Waals surface area contributed by atoms with Gasteiger partial charge in [0.15, 0.2) is 0 Å². The fourth-order valence-corrected chi connectivity index (χ4v) is 4.16. The Morgan fingerprint density at radius 3 is 2.90 bits per heavy atom. The predicted octanol–water partition coefficient (Wildman–Crippen LogP) is 4.51. The second-order valence-corrected chi connectivity index (χ2v) is 8.24. The maximum atomic E-state index is 12.4. The van der Waals surface area contributed by atoms with Crippen LogP contribution in [0.5, 0.6) is 11.5 Å². The Morgan fingerprint density at radius 2 is 2.16 bits per heavy atom. The van der Waals surface area contributed by atoms with Crippen LogP contribution in [0.3, 0.4) is 0 Å². The minimum absolute atomic E-state index is 0.0869. The molecular formula is C25H34N2O4. The Bertz CT molecular complexity index is 860. The van der Waals surface area contributed by atoms with Crippen LogP contribution in [0.2, 0.25) is 0 Å². The molecule has 1 fully saturated rings. The maximum absolute atomic E-state index is 12.4. The first-order chi connectivity index (χ1) is 15.1. The van der Waals surface area contributed by atoms with E-state index in [0.29, 0.717) is 18.9 Å². The average Bonchev–Trinajstić information content (AvgIpc) is 3.29. The van der Waals surface area contributed by atoms with Crippen molar-refractivity contribution in [1.29, 1.82) is 0 Å². The van der Waals surface area contributed by atoms with Gasteiger partial charge in [0.2, 0.25) is 5.91 Å². The SMILES string of the molecule is COc1ccc(CNC(=O)CC[C@@H]2CCCN(C/C(C)=C/c3ccco3)C2)c(OC)c1. The Hall–Kier alpha value is -2.73. The molecule has 1 aromatic carbocycles. The minimum Gasteiger partial charge on any atom is -0.497 e. The second kappa shape index (κ2) is 11.6. The van der Waals surface area contributed by atoms with Crippen LogP contribution >= 0.6 is 0 Å². The molecule has 0 aliphatic carbocycles. The lowest BCUT2D eigenvalue weighted by Crippen LogP contribution is -2.37. The highest BCUT2D eigenvalue weighted by atomic mass is 16.5. The van der Waals surface area contributed by atoms with E-state index in [1.54, 1.807) is 20.5 Å². The third kappa shape index (κ3) is 7.17. The van der Waals surface area contributed by atoms with E-state index in [9.17, 15) is 4.79 Å². The van der Waals surface area contributed by atoms with Gasteiger partial charge in [0, 0.05) is 37.7 Å². The van der Waals surface area contributed by atoms with Gasteiger partial charge in [-0.3, -0.25) is 9.69 Å². The average molecular weight is 427 g/mol. The zero-order chi connectivity index (χ0) is 22.1. The topological polar surface area (TPSA) is 63.9 Å². The number of nitrogens with one attached hydrogen (secondary N) is 1. The van der Waals surface area contributed by atoms with Crippen molar-refractivity contribution in [3.05, 3.63) is 53.5 Å². The number of ether oxygens (including phenoxy) is 2. The molecule has 1 atom stereocenters. The summed E-state index contributed by atoms with van der Waals surface area (Å²) in [6.45, 7) is 5.71. The molecule has 6 heteroatoms. The minimum atomic E-state index is 0.0869. The molecule has 0 spiro atoms. The number of furan rings is 1.